The summed E-state index contributed by atoms with van der Waals surface area (Å²) in [5, 5.41) is 6.55. The second-order valence-electron chi connectivity index (χ2n) is 9.15. The van der Waals surface area contributed by atoms with Gasteiger partial charge in [0.2, 0.25) is 0 Å². The van der Waals surface area contributed by atoms with Gasteiger partial charge in [0.15, 0.2) is 0 Å². The lowest BCUT2D eigenvalue weighted by Gasteiger charge is -2.12. The van der Waals surface area contributed by atoms with Crippen LogP contribution >= 0.6 is 0 Å². The molecule has 6 aromatic rings. The Labute approximate surface area is 209 Å². The molecule has 4 heteroatoms. The van der Waals surface area contributed by atoms with Crippen molar-refractivity contribution in [1.29, 1.82) is 0 Å². The Bertz CT molecular complexity index is 1700. The zero-order valence-corrected chi connectivity index (χ0v) is 20.0. The molecule has 1 N–H and O–H groups in total. The number of amides is 1. The Kier molecular flexibility index (Phi) is 5.55. The second-order valence-corrected chi connectivity index (χ2v) is 9.15. The molecule has 2 aromatic heterocycles. The highest BCUT2D eigenvalue weighted by atomic mass is 16.1. The number of hydrogen-bond acceptors (Lipinski definition) is 2. The number of rotatable bonds is 5. The first kappa shape index (κ1) is 21.8. The zero-order chi connectivity index (χ0) is 24.5. The van der Waals surface area contributed by atoms with Crippen molar-refractivity contribution in [3.8, 4) is 11.1 Å². The van der Waals surface area contributed by atoms with Crippen molar-refractivity contribution in [3.63, 3.8) is 0 Å². The highest BCUT2D eigenvalue weighted by Crippen LogP contribution is 2.26. The van der Waals surface area contributed by atoms with Crippen molar-refractivity contribution >= 4 is 33.3 Å². The summed E-state index contributed by atoms with van der Waals surface area (Å²) in [6, 6.07) is 32.7. The number of fused-ring (bicyclic) bond motifs is 2. The third kappa shape index (κ3) is 4.37. The average molecular weight is 468 g/mol. The van der Waals surface area contributed by atoms with Crippen LogP contribution in [0, 0.1) is 6.92 Å². The number of anilines is 1. The summed E-state index contributed by atoms with van der Waals surface area (Å²) in [7, 11) is 0. The largest absolute Gasteiger partial charge is 0.350 e. The van der Waals surface area contributed by atoms with E-state index in [1.807, 2.05) is 80.1 Å². The van der Waals surface area contributed by atoms with Gasteiger partial charge in [-0.25, -0.2) is 0 Å². The number of hydrogen-bond donors (Lipinski definition) is 1. The number of carbonyl (C=O) groups is 1. The van der Waals surface area contributed by atoms with Crippen LogP contribution in [0.15, 0.2) is 116 Å². The molecule has 36 heavy (non-hydrogen) atoms. The minimum Gasteiger partial charge on any atom is -0.350 e. The van der Waals surface area contributed by atoms with Gasteiger partial charge < -0.3 is 9.88 Å². The molecule has 0 aliphatic rings. The molecule has 0 saturated heterocycles. The first-order valence-electron chi connectivity index (χ1n) is 12.0. The first-order valence-corrected chi connectivity index (χ1v) is 12.0. The van der Waals surface area contributed by atoms with E-state index in [-0.39, 0.29) is 5.91 Å². The van der Waals surface area contributed by atoms with E-state index in [1.165, 1.54) is 10.8 Å². The summed E-state index contributed by atoms with van der Waals surface area (Å²) >= 11 is 0. The van der Waals surface area contributed by atoms with E-state index < -0.39 is 0 Å². The maximum absolute atomic E-state index is 13.0. The van der Waals surface area contributed by atoms with E-state index in [0.29, 0.717) is 5.56 Å². The average Bonchev–Trinajstić information content (AvgIpc) is 3.42. The minimum absolute atomic E-state index is 0.133. The van der Waals surface area contributed by atoms with E-state index in [2.05, 4.69) is 57.3 Å². The minimum atomic E-state index is -0.133. The topological polar surface area (TPSA) is 46.9 Å². The number of nitrogens with one attached hydrogen (secondary N) is 1. The van der Waals surface area contributed by atoms with Crippen LogP contribution in [0.5, 0.6) is 0 Å². The van der Waals surface area contributed by atoms with Crippen molar-refractivity contribution in [3.05, 3.63) is 132 Å². The number of aryl methyl sites for hydroxylation is 1. The predicted octanol–water partition coefficient (Wildman–Crippen LogP) is 7.47. The molecule has 0 aliphatic heterocycles. The maximum atomic E-state index is 13.0. The van der Waals surface area contributed by atoms with E-state index in [1.54, 1.807) is 0 Å². The van der Waals surface area contributed by atoms with Crippen molar-refractivity contribution in [2.75, 3.05) is 5.32 Å². The molecule has 0 atom stereocenters. The van der Waals surface area contributed by atoms with Crippen molar-refractivity contribution < 1.29 is 4.79 Å². The second kappa shape index (κ2) is 9.16. The number of nitrogens with zero attached hydrogens (tertiary/aromatic N) is 2. The molecule has 2 heterocycles. The number of benzene rings is 4. The molecule has 4 aromatic carbocycles. The molecular weight excluding hydrogens is 442 g/mol. The highest BCUT2D eigenvalue weighted by Gasteiger charge is 2.11. The van der Waals surface area contributed by atoms with Gasteiger partial charge in [-0.1, -0.05) is 48.5 Å². The third-order valence-electron chi connectivity index (χ3n) is 6.59. The van der Waals surface area contributed by atoms with Crippen LogP contribution in [0.1, 0.15) is 21.5 Å². The Morgan fingerprint density at radius 3 is 2.33 bits per heavy atom. The molecule has 0 saturated carbocycles. The lowest BCUT2D eigenvalue weighted by molar-refractivity contribution is 0.102. The van der Waals surface area contributed by atoms with E-state index in [0.717, 1.165) is 45.4 Å². The fraction of sp³-hybridized carbons (Fsp3) is 0.0625. The Hall–Kier alpha value is -4.70. The summed E-state index contributed by atoms with van der Waals surface area (Å²) in [6.07, 6.45) is 5.99. The normalized spacial score (nSPS) is 11.1. The van der Waals surface area contributed by atoms with Crippen LogP contribution in [0.2, 0.25) is 0 Å². The molecule has 0 fully saturated rings. The molecular formula is C32H25N3O. The van der Waals surface area contributed by atoms with E-state index in [4.69, 9.17) is 0 Å². The standard InChI is InChI=1S/C32H25N3O/c1-22-16-29-17-23(21-35-14-4-5-15-35)20-33-31(29)19-30(22)34-32(36)26-11-8-25(9-12-26)28-13-10-24-6-2-3-7-27(24)18-28/h2-20H,21H2,1H3,(H,34,36). The summed E-state index contributed by atoms with van der Waals surface area (Å²) in [5.41, 5.74) is 6.61. The van der Waals surface area contributed by atoms with Crippen molar-refractivity contribution in [2.45, 2.75) is 13.5 Å². The summed E-state index contributed by atoms with van der Waals surface area (Å²) in [6.45, 7) is 2.79. The third-order valence-corrected chi connectivity index (χ3v) is 6.59. The van der Waals surface area contributed by atoms with Gasteiger partial charge in [0.25, 0.3) is 5.91 Å². The van der Waals surface area contributed by atoms with Gasteiger partial charge in [0.05, 0.1) is 5.52 Å². The van der Waals surface area contributed by atoms with Gasteiger partial charge in [-0.3, -0.25) is 9.78 Å². The Balaban J connectivity index is 1.20. The van der Waals surface area contributed by atoms with Gasteiger partial charge in [0.1, 0.15) is 0 Å². The van der Waals surface area contributed by atoms with Crippen LogP contribution in [0.3, 0.4) is 0 Å². The molecule has 174 valence electrons. The first-order chi connectivity index (χ1) is 17.6. The lowest BCUT2D eigenvalue weighted by atomic mass is 10.00. The molecule has 0 aliphatic carbocycles. The van der Waals surface area contributed by atoms with Gasteiger partial charge in [-0.2, -0.15) is 0 Å². The molecule has 1 amide bonds. The molecule has 0 spiro atoms. The number of carbonyl (C=O) groups excluding carboxylic acids is 1. The van der Waals surface area contributed by atoms with E-state index in [9.17, 15) is 4.79 Å². The van der Waals surface area contributed by atoms with Crippen LogP contribution in [0.4, 0.5) is 5.69 Å². The van der Waals surface area contributed by atoms with Crippen LogP contribution in [-0.2, 0) is 6.54 Å². The fourth-order valence-electron chi connectivity index (χ4n) is 4.62. The summed E-state index contributed by atoms with van der Waals surface area (Å²) < 4.78 is 2.12. The van der Waals surface area contributed by atoms with Gasteiger partial charge >= 0.3 is 0 Å². The summed E-state index contributed by atoms with van der Waals surface area (Å²) in [5.74, 6) is -0.133. The Morgan fingerprint density at radius 2 is 1.53 bits per heavy atom. The van der Waals surface area contributed by atoms with Crippen molar-refractivity contribution in [1.82, 2.24) is 9.55 Å². The molecule has 0 bridgehead atoms. The lowest BCUT2D eigenvalue weighted by Crippen LogP contribution is -2.12. The highest BCUT2D eigenvalue weighted by molar-refractivity contribution is 6.06. The predicted molar refractivity (Wildman–Crippen MR) is 147 cm³/mol. The zero-order valence-electron chi connectivity index (χ0n) is 20.0. The van der Waals surface area contributed by atoms with Crippen molar-refractivity contribution in [2.24, 2.45) is 0 Å². The molecule has 0 unspecified atom stereocenters. The summed E-state index contributed by atoms with van der Waals surface area (Å²) in [4.78, 5) is 17.7. The SMILES string of the molecule is Cc1cc2cc(Cn3cccc3)cnc2cc1NC(=O)c1ccc(-c2ccc3ccccc3c2)cc1. The fourth-order valence-corrected chi connectivity index (χ4v) is 4.62. The van der Waals surface area contributed by atoms with E-state index >= 15 is 0 Å². The maximum Gasteiger partial charge on any atom is 0.255 e. The van der Waals surface area contributed by atoms with Gasteiger partial charge in [-0.05, 0) is 88.5 Å². The van der Waals surface area contributed by atoms with Gasteiger partial charge in [-0.15, -0.1) is 0 Å². The smallest absolute Gasteiger partial charge is 0.255 e. The van der Waals surface area contributed by atoms with Crippen LogP contribution in [0.25, 0.3) is 32.8 Å². The number of aromatic nitrogens is 2. The van der Waals surface area contributed by atoms with Crippen LogP contribution in [-0.4, -0.2) is 15.5 Å². The van der Waals surface area contributed by atoms with Gasteiger partial charge in [0, 0.05) is 41.8 Å². The molecule has 6 rings (SSSR count). The number of pyridine rings is 1. The Morgan fingerprint density at radius 1 is 0.778 bits per heavy atom. The molecule has 0 radical (unpaired) electrons. The monoisotopic (exact) mass is 467 g/mol. The van der Waals surface area contributed by atoms with Crippen LogP contribution < -0.4 is 5.32 Å². The molecule has 4 nitrogen and oxygen atoms in total. The quantitative estimate of drug-likeness (QED) is 0.286.